The van der Waals surface area contributed by atoms with Crippen LogP contribution in [0.1, 0.15) is 16.1 Å². The van der Waals surface area contributed by atoms with Crippen LogP contribution in [0.25, 0.3) is 0 Å². The Bertz CT molecular complexity index is 625. The summed E-state index contributed by atoms with van der Waals surface area (Å²) in [6.07, 6.45) is 4.43. The Morgan fingerprint density at radius 2 is 2.05 bits per heavy atom. The van der Waals surface area contributed by atoms with Crippen LogP contribution in [0.15, 0.2) is 24.7 Å². The highest BCUT2D eigenvalue weighted by atomic mass is 35.5. The zero-order valence-electron chi connectivity index (χ0n) is 11.2. The molecule has 0 aliphatic heterocycles. The van der Waals surface area contributed by atoms with Crippen LogP contribution in [-0.4, -0.2) is 46.1 Å². The van der Waals surface area contributed by atoms with E-state index in [4.69, 9.17) is 23.2 Å². The first-order chi connectivity index (χ1) is 9.50. The monoisotopic (exact) mass is 312 g/mol. The van der Waals surface area contributed by atoms with E-state index in [-0.39, 0.29) is 5.78 Å². The molecular weight excluding hydrogens is 299 g/mol. The van der Waals surface area contributed by atoms with E-state index >= 15 is 0 Å². The number of likely N-dealkylation sites (N-methyl/N-ethyl adjacent to an activating group) is 1. The predicted molar refractivity (Wildman–Crippen MR) is 78.5 cm³/mol. The second-order valence-corrected chi connectivity index (χ2v) is 5.37. The van der Waals surface area contributed by atoms with Crippen molar-refractivity contribution in [3.05, 3.63) is 46.0 Å². The molecule has 106 valence electrons. The van der Waals surface area contributed by atoms with E-state index < -0.39 is 0 Å². The second kappa shape index (κ2) is 6.35. The maximum Gasteiger partial charge on any atom is 0.214 e. The summed E-state index contributed by atoms with van der Waals surface area (Å²) in [7, 11) is 3.90. The summed E-state index contributed by atoms with van der Waals surface area (Å²) in [6.45, 7) is 1.33. The fourth-order valence-corrected chi connectivity index (χ4v) is 2.17. The van der Waals surface area contributed by atoms with Crippen molar-refractivity contribution < 1.29 is 4.79 Å². The van der Waals surface area contributed by atoms with Gasteiger partial charge in [-0.25, -0.2) is 0 Å². The van der Waals surface area contributed by atoms with Crippen molar-refractivity contribution in [2.45, 2.75) is 6.54 Å². The molecule has 0 N–H and O–H groups in total. The quantitative estimate of drug-likeness (QED) is 0.795. The Morgan fingerprint density at radius 1 is 1.30 bits per heavy atom. The summed E-state index contributed by atoms with van der Waals surface area (Å²) < 4.78 is 1.60. The molecule has 0 saturated carbocycles. The van der Waals surface area contributed by atoms with Crippen LogP contribution in [0.3, 0.4) is 0 Å². The Kier molecular flexibility index (Phi) is 4.75. The molecule has 0 radical (unpaired) electrons. The molecule has 0 amide bonds. The molecule has 5 nitrogen and oxygen atoms in total. The third-order valence-electron chi connectivity index (χ3n) is 2.79. The topological polar surface area (TPSA) is 51.0 Å². The van der Waals surface area contributed by atoms with Crippen molar-refractivity contribution in [2.75, 3.05) is 20.6 Å². The molecule has 0 fully saturated rings. The molecule has 20 heavy (non-hydrogen) atoms. The Balaban J connectivity index is 2.35. The van der Waals surface area contributed by atoms with E-state index in [9.17, 15) is 4.79 Å². The van der Waals surface area contributed by atoms with Crippen LogP contribution in [0, 0.1) is 0 Å². The lowest BCUT2D eigenvalue weighted by atomic mass is 10.1. The molecule has 0 atom stereocenters. The van der Waals surface area contributed by atoms with Crippen molar-refractivity contribution in [1.82, 2.24) is 19.7 Å². The maximum absolute atomic E-state index is 12.5. The van der Waals surface area contributed by atoms with Gasteiger partial charge in [0.1, 0.15) is 5.69 Å². The number of aromatic nitrogens is 3. The smallest absolute Gasteiger partial charge is 0.214 e. The SMILES string of the molecule is CN(C)CCn1ncc(Cl)c1C(=O)c1ccncc1Cl. The van der Waals surface area contributed by atoms with Gasteiger partial charge in [-0.1, -0.05) is 23.2 Å². The van der Waals surface area contributed by atoms with Crippen LogP contribution < -0.4 is 0 Å². The maximum atomic E-state index is 12.5. The van der Waals surface area contributed by atoms with Gasteiger partial charge < -0.3 is 4.90 Å². The van der Waals surface area contributed by atoms with Crippen molar-refractivity contribution in [3.63, 3.8) is 0 Å². The Morgan fingerprint density at radius 3 is 2.70 bits per heavy atom. The highest BCUT2D eigenvalue weighted by Gasteiger charge is 2.21. The van der Waals surface area contributed by atoms with E-state index in [1.165, 1.54) is 18.6 Å². The first-order valence-corrected chi connectivity index (χ1v) is 6.76. The van der Waals surface area contributed by atoms with E-state index in [1.54, 1.807) is 10.7 Å². The highest BCUT2D eigenvalue weighted by molar-refractivity contribution is 6.37. The molecule has 7 heteroatoms. The minimum Gasteiger partial charge on any atom is -0.308 e. The minimum absolute atomic E-state index is 0.251. The number of hydrogen-bond acceptors (Lipinski definition) is 4. The lowest BCUT2D eigenvalue weighted by Gasteiger charge is -2.12. The molecular formula is C13H14Cl2N4O. The lowest BCUT2D eigenvalue weighted by Crippen LogP contribution is -2.21. The largest absolute Gasteiger partial charge is 0.308 e. The second-order valence-electron chi connectivity index (χ2n) is 4.55. The molecule has 0 spiro atoms. The number of hydrogen-bond donors (Lipinski definition) is 0. The number of carbonyl (C=O) groups excluding carboxylic acids is 1. The molecule has 2 heterocycles. The standard InChI is InChI=1S/C13H14Cl2N4O/c1-18(2)5-6-19-12(11(15)8-17-19)13(20)9-3-4-16-7-10(9)14/h3-4,7-8H,5-6H2,1-2H3. The third kappa shape index (κ3) is 3.17. The van der Waals surface area contributed by atoms with Crippen molar-refractivity contribution >= 4 is 29.0 Å². The molecule has 2 aromatic heterocycles. The number of pyridine rings is 1. The number of ketones is 1. The van der Waals surface area contributed by atoms with Crippen molar-refractivity contribution in [3.8, 4) is 0 Å². The summed E-state index contributed by atoms with van der Waals surface area (Å²) in [5.74, 6) is -0.251. The molecule has 0 unspecified atom stereocenters. The van der Waals surface area contributed by atoms with Crippen LogP contribution in [0.5, 0.6) is 0 Å². The van der Waals surface area contributed by atoms with Crippen molar-refractivity contribution in [1.29, 1.82) is 0 Å². The van der Waals surface area contributed by atoms with E-state index in [0.717, 1.165) is 6.54 Å². The van der Waals surface area contributed by atoms with E-state index in [0.29, 0.717) is 27.8 Å². The normalized spacial score (nSPS) is 11.1. The molecule has 2 rings (SSSR count). The first kappa shape index (κ1) is 15.0. The molecule has 0 aromatic carbocycles. The summed E-state index contributed by atoms with van der Waals surface area (Å²) in [6, 6.07) is 1.57. The van der Waals surface area contributed by atoms with Crippen LogP contribution >= 0.6 is 23.2 Å². The number of rotatable bonds is 5. The van der Waals surface area contributed by atoms with Gasteiger partial charge in [0.15, 0.2) is 0 Å². The van der Waals surface area contributed by atoms with E-state index in [1.807, 2.05) is 19.0 Å². The van der Waals surface area contributed by atoms with Crippen LogP contribution in [-0.2, 0) is 6.54 Å². The summed E-state index contributed by atoms with van der Waals surface area (Å²) in [5, 5.41) is 4.76. The summed E-state index contributed by atoms with van der Waals surface area (Å²) in [5.41, 5.74) is 0.719. The minimum atomic E-state index is -0.251. The average molecular weight is 313 g/mol. The molecule has 0 saturated heterocycles. The first-order valence-electron chi connectivity index (χ1n) is 6.01. The lowest BCUT2D eigenvalue weighted by molar-refractivity contribution is 0.102. The zero-order valence-corrected chi connectivity index (χ0v) is 12.7. The average Bonchev–Trinajstić information content (AvgIpc) is 2.77. The number of nitrogens with zero attached hydrogens (tertiary/aromatic N) is 4. The Hall–Kier alpha value is -1.43. The van der Waals surface area contributed by atoms with Gasteiger partial charge in [0.05, 0.1) is 22.8 Å². The van der Waals surface area contributed by atoms with Gasteiger partial charge in [0, 0.05) is 24.5 Å². The number of carbonyl (C=O) groups is 1. The summed E-state index contributed by atoms with van der Waals surface area (Å²) in [4.78, 5) is 18.4. The van der Waals surface area contributed by atoms with Gasteiger partial charge in [-0.05, 0) is 20.2 Å². The fraction of sp³-hybridized carbons (Fsp3) is 0.308. The van der Waals surface area contributed by atoms with Crippen molar-refractivity contribution in [2.24, 2.45) is 0 Å². The third-order valence-corrected chi connectivity index (χ3v) is 3.36. The highest BCUT2D eigenvalue weighted by Crippen LogP contribution is 2.23. The van der Waals surface area contributed by atoms with Gasteiger partial charge in [-0.3, -0.25) is 14.5 Å². The molecule has 0 aliphatic rings. The van der Waals surface area contributed by atoms with Gasteiger partial charge in [0.25, 0.3) is 0 Å². The Labute approximate surface area is 127 Å². The number of halogens is 2. The molecule has 0 bridgehead atoms. The van der Waals surface area contributed by atoms with Crippen LogP contribution in [0.4, 0.5) is 0 Å². The molecule has 0 aliphatic carbocycles. The van der Waals surface area contributed by atoms with Gasteiger partial charge >= 0.3 is 0 Å². The molecule has 2 aromatic rings. The van der Waals surface area contributed by atoms with Gasteiger partial charge in [-0.15, -0.1) is 0 Å². The predicted octanol–water partition coefficient (Wildman–Crippen LogP) is 2.38. The summed E-state index contributed by atoms with van der Waals surface area (Å²) >= 11 is 12.1. The van der Waals surface area contributed by atoms with Gasteiger partial charge in [0.2, 0.25) is 5.78 Å². The zero-order chi connectivity index (χ0) is 14.7. The van der Waals surface area contributed by atoms with Gasteiger partial charge in [-0.2, -0.15) is 5.10 Å². The van der Waals surface area contributed by atoms with E-state index in [2.05, 4.69) is 10.1 Å². The fourth-order valence-electron chi connectivity index (χ4n) is 1.74. The van der Waals surface area contributed by atoms with Crippen LogP contribution in [0.2, 0.25) is 10.0 Å².